The van der Waals surface area contributed by atoms with Crippen molar-refractivity contribution in [2.75, 3.05) is 5.32 Å². The van der Waals surface area contributed by atoms with Crippen LogP contribution in [0.3, 0.4) is 0 Å². The minimum atomic E-state index is -3.80. The maximum absolute atomic E-state index is 13.4. The molecule has 0 saturated heterocycles. The molecular formula is C24H24ClN5O2S. The fourth-order valence-electron chi connectivity index (χ4n) is 4.41. The van der Waals surface area contributed by atoms with E-state index in [0.717, 1.165) is 31.1 Å². The van der Waals surface area contributed by atoms with Crippen LogP contribution >= 0.6 is 11.6 Å². The standard InChI is InChI=1S/C24H24ClN5O2S/c25-21-14-27-24(28-17-8-6-7-16(26)13-17)29-23(21)20-15-30(22-12-5-4-11-19(20)22)33(31,32)18-9-2-1-3-10-18/h1-5,9-12,14-17H,6-8,13,26H2,(H,27,28,29)/t16?,17-/m1/s1. The number of para-hydroxylation sites is 1. The first-order chi connectivity index (χ1) is 15.9. The molecule has 2 aromatic heterocycles. The number of rotatable bonds is 5. The third-order valence-electron chi connectivity index (χ3n) is 6.03. The van der Waals surface area contributed by atoms with Crippen LogP contribution in [0.5, 0.6) is 0 Å². The molecular weight excluding hydrogens is 458 g/mol. The molecule has 7 nitrogen and oxygen atoms in total. The smallest absolute Gasteiger partial charge is 0.268 e. The van der Waals surface area contributed by atoms with Gasteiger partial charge in [0.25, 0.3) is 10.0 Å². The zero-order chi connectivity index (χ0) is 23.0. The second-order valence-electron chi connectivity index (χ2n) is 8.33. The molecule has 2 aromatic carbocycles. The van der Waals surface area contributed by atoms with Crippen molar-refractivity contribution >= 4 is 38.5 Å². The molecule has 5 rings (SSSR count). The Morgan fingerprint density at radius 1 is 1.06 bits per heavy atom. The molecule has 0 aliphatic heterocycles. The highest BCUT2D eigenvalue weighted by atomic mass is 35.5. The van der Waals surface area contributed by atoms with Gasteiger partial charge in [0.05, 0.1) is 27.3 Å². The first-order valence-corrected chi connectivity index (χ1v) is 12.7. The molecule has 1 saturated carbocycles. The summed E-state index contributed by atoms with van der Waals surface area (Å²) in [7, 11) is -3.80. The fourth-order valence-corrected chi connectivity index (χ4v) is 5.99. The predicted octanol–water partition coefficient (Wildman–Crippen LogP) is 4.67. The highest BCUT2D eigenvalue weighted by Crippen LogP contribution is 2.36. The highest BCUT2D eigenvalue weighted by molar-refractivity contribution is 7.90. The van der Waals surface area contributed by atoms with E-state index in [-0.39, 0.29) is 17.0 Å². The van der Waals surface area contributed by atoms with Gasteiger partial charge >= 0.3 is 0 Å². The van der Waals surface area contributed by atoms with E-state index in [1.165, 1.54) is 3.97 Å². The summed E-state index contributed by atoms with van der Waals surface area (Å²) in [6.07, 6.45) is 7.08. The second kappa shape index (κ2) is 8.78. The van der Waals surface area contributed by atoms with Crippen molar-refractivity contribution in [1.82, 2.24) is 13.9 Å². The molecule has 33 heavy (non-hydrogen) atoms. The SMILES string of the molecule is NC1CCC[C@@H](Nc2ncc(Cl)c(-c3cn(S(=O)(=O)c4ccccc4)c4ccccc34)n2)C1. The Labute approximate surface area is 197 Å². The van der Waals surface area contributed by atoms with Gasteiger partial charge in [-0.15, -0.1) is 0 Å². The highest BCUT2D eigenvalue weighted by Gasteiger charge is 2.24. The summed E-state index contributed by atoms with van der Waals surface area (Å²) < 4.78 is 28.1. The normalized spacial score (nSPS) is 19.0. The summed E-state index contributed by atoms with van der Waals surface area (Å²) in [5, 5.41) is 4.46. The van der Waals surface area contributed by atoms with Gasteiger partial charge in [-0.05, 0) is 43.9 Å². The Morgan fingerprint density at radius 3 is 2.61 bits per heavy atom. The molecule has 2 atom stereocenters. The van der Waals surface area contributed by atoms with E-state index in [4.69, 9.17) is 17.3 Å². The minimum absolute atomic E-state index is 0.171. The van der Waals surface area contributed by atoms with Gasteiger partial charge in [-0.25, -0.2) is 22.4 Å². The first kappa shape index (κ1) is 21.9. The van der Waals surface area contributed by atoms with Crippen molar-refractivity contribution in [2.24, 2.45) is 5.73 Å². The largest absolute Gasteiger partial charge is 0.351 e. The minimum Gasteiger partial charge on any atom is -0.351 e. The van der Waals surface area contributed by atoms with Crippen molar-refractivity contribution in [3.05, 3.63) is 72.0 Å². The molecule has 1 unspecified atom stereocenters. The third kappa shape index (κ3) is 4.21. The van der Waals surface area contributed by atoms with Gasteiger partial charge < -0.3 is 11.1 Å². The average molecular weight is 482 g/mol. The van der Waals surface area contributed by atoms with Crippen LogP contribution in [0.4, 0.5) is 5.95 Å². The van der Waals surface area contributed by atoms with Crippen LogP contribution in [-0.2, 0) is 10.0 Å². The van der Waals surface area contributed by atoms with Crippen LogP contribution in [0.25, 0.3) is 22.2 Å². The molecule has 1 fully saturated rings. The second-order valence-corrected chi connectivity index (χ2v) is 10.6. The van der Waals surface area contributed by atoms with Crippen LogP contribution < -0.4 is 11.1 Å². The zero-order valence-electron chi connectivity index (χ0n) is 17.9. The van der Waals surface area contributed by atoms with E-state index in [1.54, 1.807) is 48.8 Å². The number of hydrogen-bond donors (Lipinski definition) is 2. The monoisotopic (exact) mass is 481 g/mol. The zero-order valence-corrected chi connectivity index (χ0v) is 19.4. The number of hydrogen-bond acceptors (Lipinski definition) is 6. The number of anilines is 1. The van der Waals surface area contributed by atoms with E-state index in [2.05, 4.69) is 15.3 Å². The van der Waals surface area contributed by atoms with Crippen molar-refractivity contribution in [2.45, 2.75) is 42.7 Å². The average Bonchev–Trinajstić information content (AvgIpc) is 3.21. The Balaban J connectivity index is 1.60. The lowest BCUT2D eigenvalue weighted by molar-refractivity contribution is 0.408. The van der Waals surface area contributed by atoms with Crippen LogP contribution in [-0.4, -0.2) is 34.4 Å². The number of aromatic nitrogens is 3. The van der Waals surface area contributed by atoms with Crippen LogP contribution in [0.15, 0.2) is 71.9 Å². The number of nitrogens with two attached hydrogens (primary N) is 1. The van der Waals surface area contributed by atoms with Crippen molar-refractivity contribution in [3.63, 3.8) is 0 Å². The molecule has 1 aliphatic rings. The van der Waals surface area contributed by atoms with E-state index in [9.17, 15) is 8.42 Å². The summed E-state index contributed by atoms with van der Waals surface area (Å²) in [5.74, 6) is 0.455. The number of nitrogens with one attached hydrogen (secondary N) is 1. The van der Waals surface area contributed by atoms with Gasteiger partial charge in [-0.3, -0.25) is 0 Å². The fraction of sp³-hybridized carbons (Fsp3) is 0.250. The van der Waals surface area contributed by atoms with E-state index in [0.29, 0.717) is 27.7 Å². The van der Waals surface area contributed by atoms with Crippen molar-refractivity contribution in [3.8, 4) is 11.3 Å². The van der Waals surface area contributed by atoms with Gasteiger partial charge in [0, 0.05) is 29.2 Å². The van der Waals surface area contributed by atoms with Gasteiger partial charge in [-0.2, -0.15) is 0 Å². The van der Waals surface area contributed by atoms with Crippen LogP contribution in [0.2, 0.25) is 5.02 Å². The Hall–Kier alpha value is -2.94. The molecule has 3 N–H and O–H groups in total. The molecule has 0 spiro atoms. The molecule has 2 heterocycles. The number of nitrogens with zero attached hydrogens (tertiary/aromatic N) is 3. The van der Waals surface area contributed by atoms with Gasteiger partial charge in [-0.1, -0.05) is 48.0 Å². The summed E-state index contributed by atoms with van der Waals surface area (Å²) >= 11 is 6.51. The number of fused-ring (bicyclic) bond motifs is 1. The summed E-state index contributed by atoms with van der Waals surface area (Å²) in [6, 6.07) is 16.0. The Bertz CT molecular complexity index is 1410. The maximum atomic E-state index is 13.4. The van der Waals surface area contributed by atoms with Crippen molar-refractivity contribution < 1.29 is 8.42 Å². The third-order valence-corrected chi connectivity index (χ3v) is 7.99. The maximum Gasteiger partial charge on any atom is 0.268 e. The van der Waals surface area contributed by atoms with E-state index >= 15 is 0 Å². The molecule has 0 bridgehead atoms. The summed E-state index contributed by atoms with van der Waals surface area (Å²) in [6.45, 7) is 0. The lowest BCUT2D eigenvalue weighted by atomic mass is 9.92. The Morgan fingerprint density at radius 2 is 1.82 bits per heavy atom. The molecule has 1 aliphatic carbocycles. The molecule has 0 amide bonds. The van der Waals surface area contributed by atoms with E-state index < -0.39 is 10.0 Å². The van der Waals surface area contributed by atoms with Crippen LogP contribution in [0.1, 0.15) is 25.7 Å². The summed E-state index contributed by atoms with van der Waals surface area (Å²) in [4.78, 5) is 9.23. The summed E-state index contributed by atoms with van der Waals surface area (Å²) in [5.41, 5.74) is 7.78. The number of benzene rings is 2. The Kier molecular flexibility index (Phi) is 5.82. The lowest BCUT2D eigenvalue weighted by Crippen LogP contribution is -2.35. The topological polar surface area (TPSA) is 103 Å². The molecule has 9 heteroatoms. The first-order valence-electron chi connectivity index (χ1n) is 10.9. The molecule has 0 radical (unpaired) electrons. The van der Waals surface area contributed by atoms with Crippen LogP contribution in [0, 0.1) is 0 Å². The van der Waals surface area contributed by atoms with Gasteiger partial charge in [0.2, 0.25) is 5.95 Å². The lowest BCUT2D eigenvalue weighted by Gasteiger charge is -2.27. The molecule has 170 valence electrons. The number of halogens is 1. The van der Waals surface area contributed by atoms with Gasteiger partial charge in [0.15, 0.2) is 0 Å². The molecule has 4 aromatic rings. The quantitative estimate of drug-likeness (QED) is 0.429. The van der Waals surface area contributed by atoms with Crippen molar-refractivity contribution in [1.29, 1.82) is 0 Å². The van der Waals surface area contributed by atoms with Gasteiger partial charge in [0.1, 0.15) is 0 Å². The van der Waals surface area contributed by atoms with E-state index in [1.807, 2.05) is 18.2 Å². The predicted molar refractivity (Wildman–Crippen MR) is 131 cm³/mol.